The lowest BCUT2D eigenvalue weighted by Crippen LogP contribution is -2.25. The molecule has 0 saturated carbocycles. The van der Waals surface area contributed by atoms with E-state index in [1.54, 1.807) is 11.8 Å². The Morgan fingerprint density at radius 3 is 3.07 bits per heavy atom. The first-order chi connectivity index (χ1) is 6.72. The molecule has 5 nitrogen and oxygen atoms in total. The van der Waals surface area contributed by atoms with Gasteiger partial charge in [0.1, 0.15) is 5.82 Å². The van der Waals surface area contributed by atoms with E-state index in [4.69, 9.17) is 5.11 Å². The number of thioether (sulfide) groups is 1. The second kappa shape index (κ2) is 3.61. The highest BCUT2D eigenvalue weighted by molar-refractivity contribution is 7.98. The average Bonchev–Trinajstić information content (AvgIpc) is 2.59. The number of hydrogen-bond donors (Lipinski definition) is 1. The lowest BCUT2D eigenvalue weighted by atomic mass is 9.98. The fraction of sp³-hybridized carbons (Fsp3) is 0.625. The van der Waals surface area contributed by atoms with Crippen molar-refractivity contribution in [2.45, 2.75) is 24.5 Å². The molecule has 0 saturated heterocycles. The minimum Gasteiger partial charge on any atom is -0.481 e. The predicted molar refractivity (Wildman–Crippen MR) is 51.2 cm³/mol. The molecule has 0 amide bonds. The summed E-state index contributed by atoms with van der Waals surface area (Å²) in [4.78, 5) is 10.8. The molecule has 1 aromatic heterocycles. The predicted octanol–water partition coefficient (Wildman–Crippen LogP) is 0.647. The van der Waals surface area contributed by atoms with Crippen LogP contribution in [0, 0.1) is 5.92 Å². The molecule has 0 spiro atoms. The summed E-state index contributed by atoms with van der Waals surface area (Å²) in [6.45, 7) is 0.718. The van der Waals surface area contributed by atoms with Gasteiger partial charge >= 0.3 is 5.97 Å². The third-order valence-electron chi connectivity index (χ3n) is 2.46. The smallest absolute Gasteiger partial charge is 0.307 e. The van der Waals surface area contributed by atoms with E-state index in [-0.39, 0.29) is 5.92 Å². The first-order valence-electron chi connectivity index (χ1n) is 4.41. The number of fused-ring (bicyclic) bond motifs is 1. The van der Waals surface area contributed by atoms with E-state index in [1.807, 2.05) is 10.8 Å². The number of nitrogens with zero attached hydrogens (tertiary/aromatic N) is 3. The van der Waals surface area contributed by atoms with Crippen LogP contribution in [0.4, 0.5) is 0 Å². The van der Waals surface area contributed by atoms with Crippen molar-refractivity contribution in [1.29, 1.82) is 0 Å². The Bertz CT molecular complexity index is 363. The first-order valence-corrected chi connectivity index (χ1v) is 5.63. The molecule has 1 aliphatic heterocycles. The van der Waals surface area contributed by atoms with Crippen molar-refractivity contribution >= 4 is 17.7 Å². The van der Waals surface area contributed by atoms with Crippen molar-refractivity contribution in [3.8, 4) is 0 Å². The normalized spacial score (nSPS) is 20.5. The molecule has 0 bridgehead atoms. The SMILES string of the molecule is CSc1nnc2n1CCC(C(=O)O)C2. The second-order valence-corrected chi connectivity index (χ2v) is 4.06. The molecule has 1 unspecified atom stereocenters. The first kappa shape index (κ1) is 9.51. The Kier molecular flexibility index (Phi) is 2.45. The summed E-state index contributed by atoms with van der Waals surface area (Å²) in [5.74, 6) is -0.223. The molecule has 0 fully saturated rings. The minimum absolute atomic E-state index is 0.290. The van der Waals surface area contributed by atoms with Gasteiger partial charge in [-0.3, -0.25) is 4.79 Å². The molecule has 2 heterocycles. The molecule has 76 valence electrons. The molecule has 0 aromatic carbocycles. The van der Waals surface area contributed by atoms with E-state index >= 15 is 0 Å². The maximum Gasteiger partial charge on any atom is 0.307 e. The van der Waals surface area contributed by atoms with Gasteiger partial charge in [-0.25, -0.2) is 0 Å². The summed E-state index contributed by atoms with van der Waals surface area (Å²) in [5.41, 5.74) is 0. The Hall–Kier alpha value is -1.04. The topological polar surface area (TPSA) is 68.0 Å². The standard InChI is InChI=1S/C8H11N3O2S/c1-14-8-10-9-6-4-5(7(12)13)2-3-11(6)8/h5H,2-4H2,1H3,(H,12,13). The van der Waals surface area contributed by atoms with Crippen molar-refractivity contribution in [1.82, 2.24) is 14.8 Å². The van der Waals surface area contributed by atoms with Crippen LogP contribution in [0.5, 0.6) is 0 Å². The number of aromatic nitrogens is 3. The van der Waals surface area contributed by atoms with Crippen LogP contribution in [0.3, 0.4) is 0 Å². The summed E-state index contributed by atoms with van der Waals surface area (Å²) in [6, 6.07) is 0. The zero-order chi connectivity index (χ0) is 10.1. The van der Waals surface area contributed by atoms with Crippen molar-refractivity contribution < 1.29 is 9.90 Å². The third-order valence-corrected chi connectivity index (χ3v) is 3.12. The Labute approximate surface area is 85.5 Å². The maximum atomic E-state index is 10.8. The van der Waals surface area contributed by atoms with Crippen LogP contribution >= 0.6 is 11.8 Å². The monoisotopic (exact) mass is 213 g/mol. The molecule has 1 aliphatic rings. The Morgan fingerprint density at radius 1 is 1.64 bits per heavy atom. The van der Waals surface area contributed by atoms with E-state index in [0.717, 1.165) is 17.5 Å². The zero-order valence-corrected chi connectivity index (χ0v) is 8.62. The molecule has 14 heavy (non-hydrogen) atoms. The van der Waals surface area contributed by atoms with Crippen LogP contribution in [0.1, 0.15) is 12.2 Å². The molecule has 0 aliphatic carbocycles. The summed E-state index contributed by atoms with van der Waals surface area (Å²) >= 11 is 1.54. The number of carboxylic acid groups (broad SMARTS) is 1. The quantitative estimate of drug-likeness (QED) is 0.730. The van der Waals surface area contributed by atoms with E-state index in [0.29, 0.717) is 12.8 Å². The average molecular weight is 213 g/mol. The number of hydrogen-bond acceptors (Lipinski definition) is 4. The van der Waals surface area contributed by atoms with Gasteiger partial charge in [-0.2, -0.15) is 0 Å². The lowest BCUT2D eigenvalue weighted by Gasteiger charge is -2.19. The largest absolute Gasteiger partial charge is 0.481 e. The van der Waals surface area contributed by atoms with Gasteiger partial charge in [-0.15, -0.1) is 10.2 Å². The molecule has 6 heteroatoms. The molecular formula is C8H11N3O2S. The zero-order valence-electron chi connectivity index (χ0n) is 7.80. The number of aliphatic carboxylic acids is 1. The van der Waals surface area contributed by atoms with E-state index in [9.17, 15) is 4.79 Å². The van der Waals surface area contributed by atoms with Crippen molar-refractivity contribution in [3.05, 3.63) is 5.82 Å². The minimum atomic E-state index is -0.732. The summed E-state index contributed by atoms with van der Waals surface area (Å²) in [7, 11) is 0. The van der Waals surface area contributed by atoms with Gasteiger partial charge in [0.25, 0.3) is 0 Å². The summed E-state index contributed by atoms with van der Waals surface area (Å²) in [5, 5.41) is 17.7. The van der Waals surface area contributed by atoms with Crippen LogP contribution in [0.15, 0.2) is 5.16 Å². The van der Waals surface area contributed by atoms with Crippen LogP contribution in [0.25, 0.3) is 0 Å². The van der Waals surface area contributed by atoms with Crippen LogP contribution in [0.2, 0.25) is 0 Å². The fourth-order valence-corrected chi connectivity index (χ4v) is 2.20. The van der Waals surface area contributed by atoms with Crippen molar-refractivity contribution in [3.63, 3.8) is 0 Å². The highest BCUT2D eigenvalue weighted by Crippen LogP contribution is 2.23. The second-order valence-electron chi connectivity index (χ2n) is 3.28. The van der Waals surface area contributed by atoms with Gasteiger partial charge in [-0.05, 0) is 12.7 Å². The molecule has 2 rings (SSSR count). The number of rotatable bonds is 2. The van der Waals surface area contributed by atoms with Gasteiger partial charge in [0.15, 0.2) is 5.16 Å². The number of carbonyl (C=O) groups is 1. The van der Waals surface area contributed by atoms with E-state index < -0.39 is 5.97 Å². The van der Waals surface area contributed by atoms with E-state index in [2.05, 4.69) is 10.2 Å². The number of carboxylic acids is 1. The molecule has 1 N–H and O–H groups in total. The van der Waals surface area contributed by atoms with Gasteiger partial charge in [0, 0.05) is 13.0 Å². The summed E-state index contributed by atoms with van der Waals surface area (Å²) < 4.78 is 2.00. The highest BCUT2D eigenvalue weighted by atomic mass is 32.2. The van der Waals surface area contributed by atoms with Gasteiger partial charge < -0.3 is 9.67 Å². The highest BCUT2D eigenvalue weighted by Gasteiger charge is 2.27. The molecule has 0 radical (unpaired) electrons. The van der Waals surface area contributed by atoms with Crippen LogP contribution < -0.4 is 0 Å². The van der Waals surface area contributed by atoms with Crippen molar-refractivity contribution in [2.75, 3.05) is 6.26 Å². The summed E-state index contributed by atoms with van der Waals surface area (Å²) in [6.07, 6.45) is 3.12. The third kappa shape index (κ3) is 1.50. The van der Waals surface area contributed by atoms with Gasteiger partial charge in [-0.1, -0.05) is 11.8 Å². The molecule has 1 atom stereocenters. The van der Waals surface area contributed by atoms with Gasteiger partial charge in [0.2, 0.25) is 0 Å². The fourth-order valence-electron chi connectivity index (χ4n) is 1.66. The lowest BCUT2D eigenvalue weighted by molar-refractivity contribution is -0.142. The Morgan fingerprint density at radius 2 is 2.43 bits per heavy atom. The van der Waals surface area contributed by atoms with Crippen LogP contribution in [-0.4, -0.2) is 32.1 Å². The van der Waals surface area contributed by atoms with Gasteiger partial charge in [0.05, 0.1) is 5.92 Å². The van der Waals surface area contributed by atoms with E-state index in [1.165, 1.54) is 0 Å². The molecule has 1 aromatic rings. The Balaban J connectivity index is 2.24. The maximum absolute atomic E-state index is 10.8. The molecular weight excluding hydrogens is 202 g/mol. The van der Waals surface area contributed by atoms with Crippen LogP contribution in [-0.2, 0) is 17.8 Å². The van der Waals surface area contributed by atoms with Crippen molar-refractivity contribution in [2.24, 2.45) is 5.92 Å².